The van der Waals surface area contributed by atoms with Gasteiger partial charge in [-0.25, -0.2) is 0 Å². The monoisotopic (exact) mass is 400 g/mol. The number of nitrogens with one attached hydrogen (secondary N) is 1. The van der Waals surface area contributed by atoms with E-state index in [1.165, 1.54) is 11.1 Å². The molecule has 0 aliphatic carbocycles. The van der Waals surface area contributed by atoms with E-state index in [1.54, 1.807) is 0 Å². The number of hydrogen-bond donors (Lipinski definition) is 1. The van der Waals surface area contributed by atoms with Crippen molar-refractivity contribution in [3.05, 3.63) is 88.5 Å². The van der Waals surface area contributed by atoms with Crippen LogP contribution in [0.4, 0.5) is 5.69 Å². The van der Waals surface area contributed by atoms with E-state index in [1.807, 2.05) is 47.4 Å². The molecule has 3 aromatic carbocycles. The van der Waals surface area contributed by atoms with E-state index in [2.05, 4.69) is 37.4 Å². The highest BCUT2D eigenvalue weighted by atomic mass is 16.7. The van der Waals surface area contributed by atoms with Crippen LogP contribution < -0.4 is 14.8 Å². The van der Waals surface area contributed by atoms with Gasteiger partial charge in [0, 0.05) is 23.4 Å². The Labute approximate surface area is 176 Å². The van der Waals surface area contributed by atoms with E-state index in [-0.39, 0.29) is 18.9 Å². The molecule has 1 atom stereocenters. The lowest BCUT2D eigenvalue weighted by atomic mass is 10.0. The summed E-state index contributed by atoms with van der Waals surface area (Å²) in [5, 5.41) is 3.69. The highest BCUT2D eigenvalue weighted by Gasteiger charge is 2.37. The number of ether oxygens (including phenoxy) is 2. The lowest BCUT2D eigenvalue weighted by Crippen LogP contribution is -2.32. The zero-order valence-electron chi connectivity index (χ0n) is 17.1. The molecule has 1 amide bonds. The first-order valence-electron chi connectivity index (χ1n) is 10.3. The summed E-state index contributed by atoms with van der Waals surface area (Å²) in [5.74, 6) is 1.51. The number of aryl methyl sites for hydroxylation is 2. The first-order valence-corrected chi connectivity index (χ1v) is 10.3. The Kier molecular flexibility index (Phi) is 4.58. The fourth-order valence-corrected chi connectivity index (χ4v) is 4.29. The van der Waals surface area contributed by atoms with Crippen molar-refractivity contribution in [2.24, 2.45) is 0 Å². The second-order valence-electron chi connectivity index (χ2n) is 7.72. The Hall–Kier alpha value is -3.47. The van der Waals surface area contributed by atoms with Gasteiger partial charge in [-0.3, -0.25) is 4.79 Å². The first-order chi connectivity index (χ1) is 14.7. The first kappa shape index (κ1) is 18.6. The van der Waals surface area contributed by atoms with Crippen LogP contribution in [0.1, 0.15) is 45.7 Å². The van der Waals surface area contributed by atoms with Gasteiger partial charge in [0.15, 0.2) is 11.5 Å². The van der Waals surface area contributed by atoms with Gasteiger partial charge in [0.05, 0.1) is 0 Å². The Balaban J connectivity index is 1.52. The summed E-state index contributed by atoms with van der Waals surface area (Å²) in [6.45, 7) is 4.98. The molecule has 152 valence electrons. The number of hydrogen-bond acceptors (Lipinski definition) is 4. The smallest absolute Gasteiger partial charge is 0.256 e. The van der Waals surface area contributed by atoms with Crippen LogP contribution >= 0.6 is 0 Å². The van der Waals surface area contributed by atoms with Crippen molar-refractivity contribution in [1.82, 2.24) is 4.90 Å². The number of anilines is 1. The third-order valence-corrected chi connectivity index (χ3v) is 5.87. The van der Waals surface area contributed by atoms with E-state index in [0.717, 1.165) is 40.3 Å². The van der Waals surface area contributed by atoms with Crippen molar-refractivity contribution in [2.45, 2.75) is 33.0 Å². The number of amides is 1. The van der Waals surface area contributed by atoms with Gasteiger partial charge >= 0.3 is 0 Å². The maximum atomic E-state index is 13.3. The standard InChI is InChI=1S/C25H24N2O3/c1-3-18-8-6-7-16(2)23(18)26-24-19-9-4-5-10-20(19)25(28)27(24)14-17-11-12-21-22(13-17)30-15-29-21/h4-13,24,26H,3,14-15H2,1-2H3/t24-/m1/s1. The summed E-state index contributed by atoms with van der Waals surface area (Å²) in [6.07, 6.45) is 0.694. The molecular weight excluding hydrogens is 376 g/mol. The van der Waals surface area contributed by atoms with Gasteiger partial charge in [0.1, 0.15) is 6.17 Å². The number of nitrogens with zero attached hydrogens (tertiary/aromatic N) is 1. The summed E-state index contributed by atoms with van der Waals surface area (Å²) in [6, 6.07) is 20.0. The Morgan fingerprint density at radius 2 is 1.87 bits per heavy atom. The lowest BCUT2D eigenvalue weighted by molar-refractivity contribution is 0.0728. The van der Waals surface area contributed by atoms with E-state index in [9.17, 15) is 4.79 Å². The summed E-state index contributed by atoms with van der Waals surface area (Å²) >= 11 is 0. The molecule has 0 unspecified atom stereocenters. The van der Waals surface area contributed by atoms with Gasteiger partial charge in [-0.1, -0.05) is 49.4 Å². The normalized spacial score (nSPS) is 16.7. The fraction of sp³-hybridized carbons (Fsp3) is 0.240. The van der Waals surface area contributed by atoms with Crippen LogP contribution in [0, 0.1) is 6.92 Å². The minimum Gasteiger partial charge on any atom is -0.454 e. The van der Waals surface area contributed by atoms with Crippen LogP contribution in [0.25, 0.3) is 0 Å². The van der Waals surface area contributed by atoms with Crippen LogP contribution in [-0.2, 0) is 13.0 Å². The van der Waals surface area contributed by atoms with Gasteiger partial charge in [0.25, 0.3) is 5.91 Å². The van der Waals surface area contributed by atoms with Gasteiger partial charge in [-0.05, 0) is 48.2 Å². The molecule has 0 aromatic heterocycles. The number of carbonyl (C=O) groups excluding carboxylic acids is 1. The molecule has 0 fully saturated rings. The number of benzene rings is 3. The molecule has 0 saturated carbocycles. The van der Waals surface area contributed by atoms with E-state index >= 15 is 0 Å². The minimum absolute atomic E-state index is 0.0346. The van der Waals surface area contributed by atoms with E-state index in [0.29, 0.717) is 6.54 Å². The predicted molar refractivity (Wildman–Crippen MR) is 116 cm³/mol. The number of rotatable bonds is 5. The summed E-state index contributed by atoms with van der Waals surface area (Å²) in [7, 11) is 0. The van der Waals surface area contributed by atoms with Gasteiger partial charge in [-0.2, -0.15) is 0 Å². The van der Waals surface area contributed by atoms with Crippen molar-refractivity contribution in [1.29, 1.82) is 0 Å². The topological polar surface area (TPSA) is 50.8 Å². The lowest BCUT2D eigenvalue weighted by Gasteiger charge is -2.29. The van der Waals surface area contributed by atoms with Gasteiger partial charge in [-0.15, -0.1) is 0 Å². The van der Waals surface area contributed by atoms with Crippen molar-refractivity contribution in [3.63, 3.8) is 0 Å². The van der Waals surface area contributed by atoms with E-state index in [4.69, 9.17) is 9.47 Å². The Morgan fingerprint density at radius 1 is 1.03 bits per heavy atom. The maximum Gasteiger partial charge on any atom is 0.256 e. The molecule has 5 heteroatoms. The number of fused-ring (bicyclic) bond motifs is 2. The molecular formula is C25H24N2O3. The summed E-state index contributed by atoms with van der Waals surface area (Å²) in [4.78, 5) is 15.2. The van der Waals surface area contributed by atoms with Gasteiger partial charge < -0.3 is 19.7 Å². The van der Waals surface area contributed by atoms with Crippen molar-refractivity contribution >= 4 is 11.6 Å². The third kappa shape index (κ3) is 3.07. The molecule has 2 aliphatic heterocycles. The highest BCUT2D eigenvalue weighted by Crippen LogP contribution is 2.38. The minimum atomic E-state index is -0.231. The predicted octanol–water partition coefficient (Wildman–Crippen LogP) is 5.05. The number of carbonyl (C=O) groups is 1. The number of para-hydroxylation sites is 1. The zero-order chi connectivity index (χ0) is 20.7. The highest BCUT2D eigenvalue weighted by molar-refractivity contribution is 5.99. The van der Waals surface area contributed by atoms with E-state index < -0.39 is 0 Å². The quantitative estimate of drug-likeness (QED) is 0.651. The Morgan fingerprint density at radius 3 is 2.73 bits per heavy atom. The van der Waals surface area contributed by atoms with Crippen LogP contribution in [0.5, 0.6) is 11.5 Å². The molecule has 2 heterocycles. The Bertz CT molecular complexity index is 1130. The van der Waals surface area contributed by atoms with Crippen molar-refractivity contribution < 1.29 is 14.3 Å². The van der Waals surface area contributed by atoms with Crippen molar-refractivity contribution in [3.8, 4) is 11.5 Å². The van der Waals surface area contributed by atoms with Gasteiger partial charge in [0.2, 0.25) is 6.79 Å². The van der Waals surface area contributed by atoms with Crippen LogP contribution in [0.15, 0.2) is 60.7 Å². The second-order valence-corrected chi connectivity index (χ2v) is 7.72. The molecule has 3 aromatic rings. The molecule has 1 N–H and O–H groups in total. The maximum absolute atomic E-state index is 13.3. The summed E-state index contributed by atoms with van der Waals surface area (Å²) < 4.78 is 10.9. The average molecular weight is 400 g/mol. The van der Waals surface area contributed by atoms with Crippen LogP contribution in [0.3, 0.4) is 0 Å². The second kappa shape index (κ2) is 7.41. The molecule has 0 radical (unpaired) electrons. The molecule has 30 heavy (non-hydrogen) atoms. The largest absolute Gasteiger partial charge is 0.454 e. The van der Waals surface area contributed by atoms with Crippen molar-refractivity contribution in [2.75, 3.05) is 12.1 Å². The summed E-state index contributed by atoms with van der Waals surface area (Å²) in [5.41, 5.74) is 6.29. The molecule has 5 nitrogen and oxygen atoms in total. The van der Waals surface area contributed by atoms with Crippen LogP contribution in [0.2, 0.25) is 0 Å². The van der Waals surface area contributed by atoms with Crippen LogP contribution in [-0.4, -0.2) is 17.6 Å². The molecule has 0 bridgehead atoms. The third-order valence-electron chi connectivity index (χ3n) is 5.87. The molecule has 5 rings (SSSR count). The molecule has 0 saturated heterocycles. The molecule has 0 spiro atoms. The SMILES string of the molecule is CCc1cccc(C)c1N[C@H]1c2ccccc2C(=O)N1Cc1ccc2c(c1)OCO2. The zero-order valence-corrected chi connectivity index (χ0v) is 17.1. The average Bonchev–Trinajstić information content (AvgIpc) is 3.33. The fourth-order valence-electron chi connectivity index (χ4n) is 4.29. The molecule has 2 aliphatic rings.